The van der Waals surface area contributed by atoms with Gasteiger partial charge in [0.1, 0.15) is 30.7 Å². The fraction of sp³-hybridized carbons (Fsp3) is 0.333. The summed E-state index contributed by atoms with van der Waals surface area (Å²) in [6.07, 6.45) is 0. The molecule has 1 aromatic rings. The molecule has 0 saturated heterocycles. The zero-order chi connectivity index (χ0) is 19.3. The Balaban J connectivity index is 0.00000123. The van der Waals surface area contributed by atoms with Crippen LogP contribution in [0.2, 0.25) is 0 Å². The molecule has 0 aliphatic heterocycles. The van der Waals surface area contributed by atoms with E-state index in [1.807, 2.05) is 0 Å². The smallest absolute Gasteiger partial charge is 0.182 e. The van der Waals surface area contributed by atoms with E-state index >= 15 is 0 Å². The molecule has 12 heteroatoms. The first-order valence-electron chi connectivity index (χ1n) is 6.53. The molecule has 10 nitrogen and oxygen atoms in total. The van der Waals surface area contributed by atoms with E-state index in [1.54, 1.807) is 14.1 Å². The van der Waals surface area contributed by atoms with Crippen molar-refractivity contribution in [2.75, 3.05) is 14.1 Å². The molecular weight excluding hydrogens is 364 g/mol. The summed E-state index contributed by atoms with van der Waals surface area (Å²) in [6.45, 7) is 0. The first kappa shape index (κ1) is 22.3. The Morgan fingerprint density at radius 1 is 0.750 bits per heavy atom. The summed E-state index contributed by atoms with van der Waals surface area (Å²) >= 11 is 0. The number of hydrogen-bond donors (Lipinski definition) is 2. The maximum absolute atomic E-state index is 11.9. The van der Waals surface area contributed by atoms with Crippen LogP contribution in [0.25, 0.3) is 0 Å². The Bertz CT molecular complexity index is 748. The van der Waals surface area contributed by atoms with E-state index in [4.69, 9.17) is 0 Å². The minimum atomic E-state index is -5.48. The van der Waals surface area contributed by atoms with Crippen LogP contribution in [0.15, 0.2) is 24.3 Å². The summed E-state index contributed by atoms with van der Waals surface area (Å²) in [5.74, 6) is -2.72. The minimum absolute atomic E-state index is 0.387. The van der Waals surface area contributed by atoms with Crippen molar-refractivity contribution >= 4 is 31.8 Å². The van der Waals surface area contributed by atoms with Crippen molar-refractivity contribution in [1.29, 1.82) is 0 Å². The summed E-state index contributed by atoms with van der Waals surface area (Å²) < 4.78 is 66.5. The standard InChI is InChI=1S/C10H8O8S2.2CH5N/c11-7-5-3-1-2-4-6(5)8(12)10(20(16,17)18)9(7)19(13,14)15;2*1-2/h1-4,9-10H,(H,13,14,15)(H,16,17,18);2*2H2,1H3. The lowest BCUT2D eigenvalue weighted by Crippen LogP contribution is -2.53. The van der Waals surface area contributed by atoms with Crippen molar-refractivity contribution in [3.63, 3.8) is 0 Å². The van der Waals surface area contributed by atoms with Crippen LogP contribution in [-0.2, 0) is 20.2 Å². The molecule has 24 heavy (non-hydrogen) atoms. The van der Waals surface area contributed by atoms with Crippen molar-refractivity contribution in [1.82, 2.24) is 0 Å². The van der Waals surface area contributed by atoms with E-state index < -0.39 is 42.3 Å². The van der Waals surface area contributed by atoms with Crippen LogP contribution >= 0.6 is 0 Å². The molecule has 1 aromatic carbocycles. The monoisotopic (exact) mass is 382 g/mol. The van der Waals surface area contributed by atoms with E-state index in [0.29, 0.717) is 0 Å². The number of carbonyl (C=O) groups excluding carboxylic acids is 2. The second-order valence-electron chi connectivity index (χ2n) is 4.10. The van der Waals surface area contributed by atoms with Crippen LogP contribution in [0.3, 0.4) is 0 Å². The van der Waals surface area contributed by atoms with Gasteiger partial charge >= 0.3 is 0 Å². The fourth-order valence-electron chi connectivity index (χ4n) is 2.06. The molecule has 136 valence electrons. The summed E-state index contributed by atoms with van der Waals surface area (Å²) in [5, 5.41) is -5.49. The van der Waals surface area contributed by atoms with E-state index in [2.05, 4.69) is 11.5 Å². The first-order chi connectivity index (χ1) is 11.0. The van der Waals surface area contributed by atoms with Gasteiger partial charge in [0.05, 0.1) is 14.1 Å². The highest BCUT2D eigenvalue weighted by molar-refractivity contribution is 7.91. The molecule has 0 aromatic heterocycles. The largest absolute Gasteiger partial charge is 0.747 e. The lowest BCUT2D eigenvalue weighted by Gasteiger charge is -2.33. The van der Waals surface area contributed by atoms with Gasteiger partial charge in [-0.15, -0.1) is 0 Å². The molecule has 2 rings (SSSR count). The molecule has 2 unspecified atom stereocenters. The Morgan fingerprint density at radius 3 is 1.21 bits per heavy atom. The maximum atomic E-state index is 11.9. The van der Waals surface area contributed by atoms with Crippen LogP contribution in [0, 0.1) is 0 Å². The highest BCUT2D eigenvalue weighted by Crippen LogP contribution is 2.29. The van der Waals surface area contributed by atoms with E-state index in [1.165, 1.54) is 12.1 Å². The van der Waals surface area contributed by atoms with Gasteiger partial charge in [-0.3, -0.25) is 9.59 Å². The number of hydrogen-bond acceptors (Lipinski definition) is 8. The van der Waals surface area contributed by atoms with Crippen LogP contribution < -0.4 is 11.5 Å². The molecule has 1 aliphatic rings. The third-order valence-electron chi connectivity index (χ3n) is 2.87. The Labute approximate surface area is 139 Å². The van der Waals surface area contributed by atoms with Crippen molar-refractivity contribution in [3.05, 3.63) is 35.4 Å². The second-order valence-corrected chi connectivity index (χ2v) is 7.09. The normalized spacial score (nSPS) is 20.1. The van der Waals surface area contributed by atoms with Gasteiger partial charge in [0, 0.05) is 11.1 Å². The van der Waals surface area contributed by atoms with Gasteiger partial charge in [-0.25, -0.2) is 16.8 Å². The number of Topliss-reactive ketones (excluding diaryl/α,β-unsaturated/α-hetero) is 2. The quantitative estimate of drug-likeness (QED) is 0.492. The van der Waals surface area contributed by atoms with Gasteiger partial charge < -0.3 is 20.6 Å². The van der Waals surface area contributed by atoms with Gasteiger partial charge in [0.25, 0.3) is 0 Å². The molecule has 0 amide bonds. The van der Waals surface area contributed by atoms with Gasteiger partial charge in [0.15, 0.2) is 11.6 Å². The maximum Gasteiger partial charge on any atom is 0.182 e. The third-order valence-corrected chi connectivity index (χ3v) is 5.26. The zero-order valence-electron chi connectivity index (χ0n) is 13.0. The summed E-state index contributed by atoms with van der Waals surface area (Å²) in [4.78, 5) is 23.9. The van der Waals surface area contributed by atoms with Crippen molar-refractivity contribution in [2.45, 2.75) is 10.5 Å². The lowest BCUT2D eigenvalue weighted by atomic mass is 9.89. The first-order valence-corrected chi connectivity index (χ1v) is 9.47. The average Bonchev–Trinajstić information content (AvgIpc) is 2.52. The molecule has 1 aliphatic carbocycles. The van der Waals surface area contributed by atoms with Crippen LogP contribution in [0.1, 0.15) is 20.7 Å². The molecule has 0 spiro atoms. The highest BCUT2D eigenvalue weighted by Gasteiger charge is 2.48. The molecule has 6 N–H and O–H groups in total. The Hall–Kier alpha value is -1.70. The second kappa shape index (κ2) is 8.41. The van der Waals surface area contributed by atoms with Gasteiger partial charge in [-0.2, -0.15) is 0 Å². The number of quaternary nitrogens is 2. The number of fused-ring (bicyclic) bond motifs is 1. The molecule has 0 bridgehead atoms. The van der Waals surface area contributed by atoms with Crippen LogP contribution in [-0.4, -0.2) is 62.1 Å². The van der Waals surface area contributed by atoms with Crippen molar-refractivity contribution < 1.29 is 47.0 Å². The summed E-state index contributed by atoms with van der Waals surface area (Å²) in [5.41, 5.74) is 5.73. The predicted molar refractivity (Wildman–Crippen MR) is 79.7 cm³/mol. The molecule has 0 saturated carbocycles. The number of ketones is 2. The van der Waals surface area contributed by atoms with E-state index in [-0.39, 0.29) is 11.1 Å². The van der Waals surface area contributed by atoms with E-state index in [0.717, 1.165) is 12.1 Å². The minimum Gasteiger partial charge on any atom is -0.747 e. The van der Waals surface area contributed by atoms with Gasteiger partial charge in [0.2, 0.25) is 0 Å². The molecule has 2 atom stereocenters. The van der Waals surface area contributed by atoms with Crippen LogP contribution in [0.5, 0.6) is 0 Å². The van der Waals surface area contributed by atoms with Crippen molar-refractivity contribution in [2.24, 2.45) is 0 Å². The SMILES string of the molecule is C[NH3+].C[NH3+].O=C1c2ccccc2C(=O)C(S(=O)(=O)[O-])C1S(=O)(=O)[O-]. The molecular formula is C12H18N2O8S2. The summed E-state index contributed by atoms with van der Waals surface area (Å²) in [7, 11) is -7.47. The lowest BCUT2D eigenvalue weighted by molar-refractivity contribution is -0.325. The van der Waals surface area contributed by atoms with Gasteiger partial charge in [-0.05, 0) is 0 Å². The van der Waals surface area contributed by atoms with Crippen molar-refractivity contribution in [3.8, 4) is 0 Å². The number of rotatable bonds is 2. The van der Waals surface area contributed by atoms with Crippen LogP contribution in [0.4, 0.5) is 0 Å². The van der Waals surface area contributed by atoms with Gasteiger partial charge in [-0.1, -0.05) is 24.3 Å². The molecule has 0 heterocycles. The Morgan fingerprint density at radius 2 is 1.00 bits per heavy atom. The Kier molecular flexibility index (Phi) is 7.82. The number of benzene rings is 1. The topological polar surface area (TPSA) is 204 Å². The zero-order valence-corrected chi connectivity index (χ0v) is 14.6. The predicted octanol–water partition coefficient (Wildman–Crippen LogP) is -3.39. The molecule has 0 fully saturated rings. The van der Waals surface area contributed by atoms with E-state index in [9.17, 15) is 35.5 Å². The third kappa shape index (κ3) is 4.43. The fourth-order valence-corrected chi connectivity index (χ4v) is 4.51. The number of carbonyl (C=O) groups is 2. The average molecular weight is 382 g/mol. The molecule has 0 radical (unpaired) electrons. The highest BCUT2D eigenvalue weighted by atomic mass is 32.2. The summed E-state index contributed by atoms with van der Waals surface area (Å²) in [6, 6.07) is 4.79.